The Morgan fingerprint density at radius 2 is 1.94 bits per heavy atom. The first-order chi connectivity index (χ1) is 8.66. The Morgan fingerprint density at radius 1 is 1.17 bits per heavy atom. The van der Waals surface area contributed by atoms with Crippen LogP contribution in [0.4, 0.5) is 5.69 Å². The molecule has 0 aliphatic heterocycles. The molecule has 0 amide bonds. The Kier molecular flexibility index (Phi) is 3.82. The number of nitrogens with one attached hydrogen (secondary N) is 1. The topological polar surface area (TPSA) is 45.1 Å². The maximum Gasteiger partial charge on any atom is 0.133 e. The van der Waals surface area contributed by atoms with Crippen LogP contribution < -0.4 is 5.32 Å². The number of rotatable bonds is 4. The monoisotopic (exact) mass is 242 g/mol. The molecule has 3 heteroatoms. The van der Waals surface area contributed by atoms with E-state index < -0.39 is 0 Å². The third-order valence-corrected chi connectivity index (χ3v) is 2.85. The molecule has 1 heterocycles. The van der Waals surface area contributed by atoms with Gasteiger partial charge in [-0.05, 0) is 29.7 Å². The summed E-state index contributed by atoms with van der Waals surface area (Å²) < 4.78 is 0. The molecule has 0 atom stereocenters. The van der Waals surface area contributed by atoms with Crippen molar-refractivity contribution in [2.24, 2.45) is 0 Å². The molecular weight excluding hydrogens is 224 g/mol. The summed E-state index contributed by atoms with van der Waals surface area (Å²) >= 11 is 0. The molecule has 2 aromatic rings. The van der Waals surface area contributed by atoms with Gasteiger partial charge < -0.3 is 10.4 Å². The normalized spacial score (nSPS) is 10.6. The van der Waals surface area contributed by atoms with Crippen LogP contribution in [0.25, 0.3) is 0 Å². The minimum absolute atomic E-state index is 0.196. The minimum atomic E-state index is 0.196. The van der Waals surface area contributed by atoms with Gasteiger partial charge in [-0.25, -0.2) is 0 Å². The molecule has 94 valence electrons. The lowest BCUT2D eigenvalue weighted by atomic mass is 10.0. The van der Waals surface area contributed by atoms with Crippen molar-refractivity contribution >= 4 is 5.69 Å². The molecule has 0 saturated heterocycles. The first-order valence-corrected chi connectivity index (χ1v) is 6.13. The fraction of sp³-hybridized carbons (Fsp3) is 0.267. The molecule has 0 aliphatic rings. The third kappa shape index (κ3) is 3.00. The summed E-state index contributed by atoms with van der Waals surface area (Å²) in [6.45, 7) is 5.02. The molecular formula is C15H18N2O. The van der Waals surface area contributed by atoms with Gasteiger partial charge in [-0.2, -0.15) is 0 Å². The molecule has 1 aromatic carbocycles. The summed E-state index contributed by atoms with van der Waals surface area (Å²) in [5.74, 6) is 0.683. The number of anilines is 1. The predicted molar refractivity (Wildman–Crippen MR) is 73.8 cm³/mol. The number of aromatic hydroxyl groups is 1. The summed E-state index contributed by atoms with van der Waals surface area (Å²) in [4.78, 5) is 4.16. The van der Waals surface area contributed by atoms with E-state index in [0.29, 0.717) is 12.5 Å². The Hall–Kier alpha value is -2.03. The lowest BCUT2D eigenvalue weighted by Gasteiger charge is -2.14. The highest BCUT2D eigenvalue weighted by molar-refractivity contribution is 5.52. The van der Waals surface area contributed by atoms with E-state index in [2.05, 4.69) is 42.3 Å². The first kappa shape index (κ1) is 12.4. The van der Waals surface area contributed by atoms with Crippen LogP contribution in [0.2, 0.25) is 0 Å². The Bertz CT molecular complexity index is 506. The van der Waals surface area contributed by atoms with Crippen molar-refractivity contribution < 1.29 is 5.11 Å². The summed E-state index contributed by atoms with van der Waals surface area (Å²) in [7, 11) is 0. The van der Waals surface area contributed by atoms with Gasteiger partial charge in [0.15, 0.2) is 0 Å². The average molecular weight is 242 g/mol. The largest absolute Gasteiger partial charge is 0.506 e. The molecule has 0 radical (unpaired) electrons. The van der Waals surface area contributed by atoms with E-state index in [-0.39, 0.29) is 5.75 Å². The van der Waals surface area contributed by atoms with E-state index in [4.69, 9.17) is 0 Å². The van der Waals surface area contributed by atoms with Crippen LogP contribution in [0.15, 0.2) is 42.6 Å². The molecule has 1 aromatic heterocycles. The maximum absolute atomic E-state index is 9.18. The molecule has 0 fully saturated rings. The fourth-order valence-corrected chi connectivity index (χ4v) is 1.87. The van der Waals surface area contributed by atoms with Gasteiger partial charge in [0.1, 0.15) is 5.75 Å². The molecule has 2 N–H and O–H groups in total. The second-order valence-corrected chi connectivity index (χ2v) is 4.60. The van der Waals surface area contributed by atoms with Crippen molar-refractivity contribution in [3.63, 3.8) is 0 Å². The number of benzene rings is 1. The number of pyridine rings is 1. The number of hydrogen-bond acceptors (Lipinski definition) is 3. The lowest BCUT2D eigenvalue weighted by molar-refractivity contribution is 0.472. The van der Waals surface area contributed by atoms with Crippen LogP contribution in [-0.4, -0.2) is 10.1 Å². The van der Waals surface area contributed by atoms with Crippen molar-refractivity contribution in [2.75, 3.05) is 5.32 Å². The van der Waals surface area contributed by atoms with Crippen molar-refractivity contribution in [1.82, 2.24) is 4.98 Å². The van der Waals surface area contributed by atoms with Gasteiger partial charge in [0.05, 0.1) is 18.4 Å². The average Bonchev–Trinajstić information content (AvgIpc) is 2.38. The van der Waals surface area contributed by atoms with Crippen molar-refractivity contribution in [2.45, 2.75) is 26.3 Å². The Morgan fingerprint density at radius 3 is 2.61 bits per heavy atom. The van der Waals surface area contributed by atoms with Gasteiger partial charge in [-0.3, -0.25) is 4.98 Å². The van der Waals surface area contributed by atoms with Gasteiger partial charge in [0, 0.05) is 5.69 Å². The van der Waals surface area contributed by atoms with Crippen LogP contribution >= 0.6 is 0 Å². The van der Waals surface area contributed by atoms with E-state index in [1.807, 2.05) is 12.1 Å². The highest BCUT2D eigenvalue weighted by Crippen LogP contribution is 2.24. The number of aromatic nitrogens is 1. The zero-order chi connectivity index (χ0) is 13.0. The molecule has 0 bridgehead atoms. The lowest BCUT2D eigenvalue weighted by Crippen LogP contribution is -2.04. The molecule has 18 heavy (non-hydrogen) atoms. The van der Waals surface area contributed by atoms with Crippen LogP contribution in [0.3, 0.4) is 0 Å². The molecule has 3 nitrogen and oxygen atoms in total. The second-order valence-electron chi connectivity index (χ2n) is 4.60. The van der Waals surface area contributed by atoms with E-state index in [1.54, 1.807) is 6.07 Å². The molecule has 0 saturated carbocycles. The van der Waals surface area contributed by atoms with Crippen LogP contribution in [-0.2, 0) is 6.54 Å². The summed E-state index contributed by atoms with van der Waals surface area (Å²) in [6.07, 6.45) is 1.46. The summed E-state index contributed by atoms with van der Waals surface area (Å²) in [5, 5.41) is 12.6. The van der Waals surface area contributed by atoms with E-state index in [9.17, 15) is 5.11 Å². The summed E-state index contributed by atoms with van der Waals surface area (Å²) in [5.41, 5.74) is 3.35. The van der Waals surface area contributed by atoms with Crippen LogP contribution in [0.5, 0.6) is 5.75 Å². The Labute approximate surface area is 108 Å². The molecule has 2 rings (SSSR count). The highest BCUT2D eigenvalue weighted by Gasteiger charge is 2.05. The first-order valence-electron chi connectivity index (χ1n) is 6.13. The van der Waals surface area contributed by atoms with E-state index >= 15 is 0 Å². The zero-order valence-corrected chi connectivity index (χ0v) is 10.7. The molecule has 0 aliphatic carbocycles. The van der Waals surface area contributed by atoms with E-state index in [1.165, 1.54) is 11.8 Å². The smallest absolute Gasteiger partial charge is 0.133 e. The van der Waals surface area contributed by atoms with Gasteiger partial charge >= 0.3 is 0 Å². The number of hydrogen-bond donors (Lipinski definition) is 2. The summed E-state index contributed by atoms with van der Waals surface area (Å²) in [6, 6.07) is 11.8. The zero-order valence-electron chi connectivity index (χ0n) is 10.7. The van der Waals surface area contributed by atoms with Crippen molar-refractivity contribution in [3.8, 4) is 5.75 Å². The van der Waals surface area contributed by atoms with Gasteiger partial charge in [-0.15, -0.1) is 0 Å². The third-order valence-electron chi connectivity index (χ3n) is 2.85. The molecule has 0 spiro atoms. The Balaban J connectivity index is 2.08. The van der Waals surface area contributed by atoms with Gasteiger partial charge in [-0.1, -0.05) is 32.0 Å². The van der Waals surface area contributed by atoms with Gasteiger partial charge in [0.2, 0.25) is 0 Å². The second kappa shape index (κ2) is 5.54. The fourth-order valence-electron chi connectivity index (χ4n) is 1.87. The quantitative estimate of drug-likeness (QED) is 0.862. The molecule has 0 unspecified atom stereocenters. The van der Waals surface area contributed by atoms with Crippen molar-refractivity contribution in [1.29, 1.82) is 0 Å². The van der Waals surface area contributed by atoms with E-state index in [0.717, 1.165) is 11.4 Å². The highest BCUT2D eigenvalue weighted by atomic mass is 16.3. The van der Waals surface area contributed by atoms with Gasteiger partial charge in [0.25, 0.3) is 0 Å². The maximum atomic E-state index is 9.18. The SMILES string of the molecule is CC(C)c1ccccc1NCc1ccc(O)cn1. The number of nitrogens with zero attached hydrogens (tertiary/aromatic N) is 1. The standard InChI is InChI=1S/C15H18N2O/c1-11(2)14-5-3-4-6-15(14)17-9-12-7-8-13(18)10-16-12/h3-8,10-11,17-18H,9H2,1-2H3. The minimum Gasteiger partial charge on any atom is -0.506 e. The van der Waals surface area contributed by atoms with Crippen LogP contribution in [0, 0.1) is 0 Å². The van der Waals surface area contributed by atoms with Crippen LogP contribution in [0.1, 0.15) is 31.0 Å². The predicted octanol–water partition coefficient (Wildman–Crippen LogP) is 3.52. The number of para-hydroxylation sites is 1. The van der Waals surface area contributed by atoms with Crippen molar-refractivity contribution in [3.05, 3.63) is 53.9 Å².